The molecule has 0 bridgehead atoms. The van der Waals surface area contributed by atoms with E-state index in [1.165, 1.54) is 0 Å². The van der Waals surface area contributed by atoms with E-state index in [9.17, 15) is 4.79 Å². The average Bonchev–Trinajstić information content (AvgIpc) is 3.01. The number of nitrogens with zero attached hydrogens (tertiary/aromatic N) is 3. The first kappa shape index (κ1) is 14.7. The second-order valence-electron chi connectivity index (χ2n) is 5.69. The molecule has 1 amide bonds. The lowest BCUT2D eigenvalue weighted by Gasteiger charge is -2.15. The molecular formula is C14H25N5O. The predicted octanol–water partition coefficient (Wildman–Crippen LogP) is 1.55. The third-order valence-electron chi connectivity index (χ3n) is 3.75. The lowest BCUT2D eigenvalue weighted by atomic mass is 10.1. The van der Waals surface area contributed by atoms with Gasteiger partial charge in [-0.3, -0.25) is 9.48 Å². The lowest BCUT2D eigenvalue weighted by molar-refractivity contribution is -0.129. The summed E-state index contributed by atoms with van der Waals surface area (Å²) in [6, 6.07) is 0. The van der Waals surface area contributed by atoms with Crippen molar-refractivity contribution in [2.24, 2.45) is 7.05 Å². The Bertz CT molecular complexity index is 474. The van der Waals surface area contributed by atoms with Gasteiger partial charge in [0.05, 0.1) is 11.4 Å². The Kier molecular flexibility index (Phi) is 4.52. The van der Waals surface area contributed by atoms with Crippen LogP contribution in [0.25, 0.3) is 0 Å². The Labute approximate surface area is 120 Å². The van der Waals surface area contributed by atoms with E-state index in [2.05, 4.69) is 24.3 Å². The topological polar surface area (TPSA) is 76.2 Å². The number of nitrogen functional groups attached to an aromatic ring is 1. The quantitative estimate of drug-likeness (QED) is 0.857. The number of carbonyl (C=O) groups excluding carboxylic acids is 1. The van der Waals surface area contributed by atoms with Gasteiger partial charge in [0.15, 0.2) is 0 Å². The molecule has 0 aliphatic carbocycles. The minimum atomic E-state index is 0.222. The van der Waals surface area contributed by atoms with Gasteiger partial charge in [0.25, 0.3) is 0 Å². The molecule has 0 unspecified atom stereocenters. The molecule has 0 aromatic carbocycles. The third-order valence-corrected chi connectivity index (χ3v) is 3.75. The number of rotatable bonds is 5. The molecule has 20 heavy (non-hydrogen) atoms. The predicted molar refractivity (Wildman–Crippen MR) is 80.6 cm³/mol. The van der Waals surface area contributed by atoms with Crippen LogP contribution in [0.2, 0.25) is 0 Å². The normalized spacial score (nSPS) is 15.1. The van der Waals surface area contributed by atoms with Crippen LogP contribution in [0.4, 0.5) is 11.5 Å². The molecule has 0 radical (unpaired) electrons. The minimum Gasteiger partial charge on any atom is -0.394 e. The van der Waals surface area contributed by atoms with Crippen LogP contribution in [0.1, 0.15) is 44.7 Å². The highest BCUT2D eigenvalue weighted by atomic mass is 16.2. The molecule has 112 valence electrons. The van der Waals surface area contributed by atoms with Crippen LogP contribution in [0.15, 0.2) is 0 Å². The standard InChI is InChI=1S/C14H25N5O/c1-10(2)13-12(15)14(18(3)17-13)16-7-6-11(20)19-8-4-5-9-19/h10,16H,4-9,15H2,1-3H3. The fourth-order valence-corrected chi connectivity index (χ4v) is 2.61. The highest BCUT2D eigenvalue weighted by Crippen LogP contribution is 2.27. The van der Waals surface area contributed by atoms with Crippen molar-refractivity contribution in [3.63, 3.8) is 0 Å². The molecule has 0 saturated carbocycles. The largest absolute Gasteiger partial charge is 0.394 e. The maximum Gasteiger partial charge on any atom is 0.224 e. The SMILES string of the molecule is CC(C)c1nn(C)c(NCCC(=O)N2CCCC2)c1N. The fourth-order valence-electron chi connectivity index (χ4n) is 2.61. The number of aryl methyl sites for hydroxylation is 1. The zero-order valence-electron chi connectivity index (χ0n) is 12.6. The van der Waals surface area contributed by atoms with Crippen LogP contribution in [-0.4, -0.2) is 40.2 Å². The van der Waals surface area contributed by atoms with Crippen molar-refractivity contribution in [2.45, 2.75) is 39.0 Å². The molecule has 1 aliphatic rings. The molecule has 6 heteroatoms. The Morgan fingerprint density at radius 3 is 2.60 bits per heavy atom. The van der Waals surface area contributed by atoms with Crippen LogP contribution in [0.3, 0.4) is 0 Å². The van der Waals surface area contributed by atoms with E-state index in [0.717, 1.165) is 37.4 Å². The van der Waals surface area contributed by atoms with Crippen LogP contribution in [0, 0.1) is 0 Å². The molecule has 0 atom stereocenters. The van der Waals surface area contributed by atoms with Gasteiger partial charge in [-0.2, -0.15) is 5.10 Å². The summed E-state index contributed by atoms with van der Waals surface area (Å²) in [4.78, 5) is 13.9. The molecule has 2 rings (SSSR count). The van der Waals surface area contributed by atoms with E-state index in [1.54, 1.807) is 4.68 Å². The van der Waals surface area contributed by atoms with Gasteiger partial charge in [-0.05, 0) is 18.8 Å². The van der Waals surface area contributed by atoms with Crippen molar-refractivity contribution in [1.82, 2.24) is 14.7 Å². The first-order valence-electron chi connectivity index (χ1n) is 7.34. The van der Waals surface area contributed by atoms with Crippen molar-refractivity contribution in [3.8, 4) is 0 Å². The Hall–Kier alpha value is -1.72. The summed E-state index contributed by atoms with van der Waals surface area (Å²) >= 11 is 0. The summed E-state index contributed by atoms with van der Waals surface area (Å²) in [6.45, 7) is 6.55. The molecule has 1 fully saturated rings. The van der Waals surface area contributed by atoms with E-state index in [0.29, 0.717) is 24.6 Å². The zero-order valence-corrected chi connectivity index (χ0v) is 12.6. The lowest BCUT2D eigenvalue weighted by Crippen LogP contribution is -2.29. The first-order chi connectivity index (χ1) is 9.50. The van der Waals surface area contributed by atoms with Gasteiger partial charge in [-0.25, -0.2) is 0 Å². The van der Waals surface area contributed by atoms with Gasteiger partial charge in [-0.15, -0.1) is 0 Å². The van der Waals surface area contributed by atoms with Crippen molar-refractivity contribution < 1.29 is 4.79 Å². The van der Waals surface area contributed by atoms with Crippen LogP contribution >= 0.6 is 0 Å². The van der Waals surface area contributed by atoms with Crippen molar-refractivity contribution in [3.05, 3.63) is 5.69 Å². The van der Waals surface area contributed by atoms with Gasteiger partial charge in [-0.1, -0.05) is 13.8 Å². The molecule has 2 heterocycles. The van der Waals surface area contributed by atoms with E-state index < -0.39 is 0 Å². The number of aromatic nitrogens is 2. The third kappa shape index (κ3) is 3.05. The Morgan fingerprint density at radius 1 is 1.40 bits per heavy atom. The molecule has 1 aliphatic heterocycles. The van der Waals surface area contributed by atoms with E-state index in [1.807, 2.05) is 11.9 Å². The molecule has 1 aromatic heterocycles. The smallest absolute Gasteiger partial charge is 0.224 e. The van der Waals surface area contributed by atoms with E-state index >= 15 is 0 Å². The van der Waals surface area contributed by atoms with Crippen molar-refractivity contribution in [1.29, 1.82) is 0 Å². The van der Waals surface area contributed by atoms with Crippen molar-refractivity contribution >= 4 is 17.4 Å². The van der Waals surface area contributed by atoms with Gasteiger partial charge >= 0.3 is 0 Å². The number of nitrogens with two attached hydrogens (primary N) is 1. The fraction of sp³-hybridized carbons (Fsp3) is 0.714. The van der Waals surface area contributed by atoms with Gasteiger partial charge in [0.2, 0.25) is 5.91 Å². The number of anilines is 2. The maximum absolute atomic E-state index is 12.0. The number of hydrogen-bond donors (Lipinski definition) is 2. The molecule has 0 spiro atoms. The average molecular weight is 279 g/mol. The molecule has 3 N–H and O–H groups in total. The Morgan fingerprint density at radius 2 is 2.05 bits per heavy atom. The van der Waals surface area contributed by atoms with Gasteiger partial charge < -0.3 is 16.0 Å². The summed E-state index contributed by atoms with van der Waals surface area (Å²) in [7, 11) is 1.87. The summed E-state index contributed by atoms with van der Waals surface area (Å²) in [5, 5.41) is 7.66. The zero-order chi connectivity index (χ0) is 14.7. The second kappa shape index (κ2) is 6.15. The van der Waals surface area contributed by atoms with E-state index in [4.69, 9.17) is 5.73 Å². The van der Waals surface area contributed by atoms with Crippen molar-refractivity contribution in [2.75, 3.05) is 30.7 Å². The number of amides is 1. The summed E-state index contributed by atoms with van der Waals surface area (Å²) in [5.41, 5.74) is 7.70. The summed E-state index contributed by atoms with van der Waals surface area (Å²) < 4.78 is 1.75. The van der Waals surface area contributed by atoms with Gasteiger partial charge in [0, 0.05) is 33.1 Å². The maximum atomic E-state index is 12.0. The summed E-state index contributed by atoms with van der Waals surface area (Å²) in [6.07, 6.45) is 2.76. The summed E-state index contributed by atoms with van der Waals surface area (Å²) in [5.74, 6) is 1.32. The number of hydrogen-bond acceptors (Lipinski definition) is 4. The highest BCUT2D eigenvalue weighted by Gasteiger charge is 2.19. The molecule has 1 aromatic rings. The van der Waals surface area contributed by atoms with E-state index in [-0.39, 0.29) is 5.91 Å². The highest BCUT2D eigenvalue weighted by molar-refractivity contribution is 5.77. The van der Waals surface area contributed by atoms with Crippen LogP contribution < -0.4 is 11.1 Å². The number of nitrogens with one attached hydrogen (secondary N) is 1. The number of likely N-dealkylation sites (tertiary alicyclic amines) is 1. The van der Waals surface area contributed by atoms with Gasteiger partial charge in [0.1, 0.15) is 5.82 Å². The molecule has 1 saturated heterocycles. The monoisotopic (exact) mass is 279 g/mol. The number of carbonyl (C=O) groups is 1. The minimum absolute atomic E-state index is 0.222. The molecule has 6 nitrogen and oxygen atoms in total. The Balaban J connectivity index is 1.89. The molecular weight excluding hydrogens is 254 g/mol. The van der Waals surface area contributed by atoms with Crippen LogP contribution in [-0.2, 0) is 11.8 Å². The second-order valence-corrected chi connectivity index (χ2v) is 5.69. The first-order valence-corrected chi connectivity index (χ1v) is 7.34. The van der Waals surface area contributed by atoms with Crippen LogP contribution in [0.5, 0.6) is 0 Å².